The fourth-order valence-electron chi connectivity index (χ4n) is 1.18. The van der Waals surface area contributed by atoms with Crippen molar-refractivity contribution >= 4 is 5.69 Å². The predicted octanol–water partition coefficient (Wildman–Crippen LogP) is 1.96. The zero-order valence-corrected chi connectivity index (χ0v) is 9.01. The van der Waals surface area contributed by atoms with Crippen LogP contribution in [0.2, 0.25) is 0 Å². The van der Waals surface area contributed by atoms with Gasteiger partial charge in [-0.25, -0.2) is 0 Å². The maximum Gasteiger partial charge on any atom is 0.270 e. The highest BCUT2D eigenvalue weighted by Gasteiger charge is 2.10. The average Bonchev–Trinajstić information content (AvgIpc) is 2.27. The molecule has 0 bridgehead atoms. The van der Waals surface area contributed by atoms with Crippen LogP contribution in [0.25, 0.3) is 0 Å². The van der Waals surface area contributed by atoms with Gasteiger partial charge in [-0.05, 0) is 13.0 Å². The Hall–Kier alpha value is -1.88. The van der Waals surface area contributed by atoms with E-state index in [1.807, 2.05) is 6.92 Å². The van der Waals surface area contributed by atoms with Crippen LogP contribution in [0, 0.1) is 10.1 Å². The number of non-ortho nitro benzene ring substituents is 1. The molecule has 0 heterocycles. The highest BCUT2D eigenvalue weighted by molar-refractivity contribution is 5.42. The predicted molar refractivity (Wildman–Crippen MR) is 61.3 cm³/mol. The van der Waals surface area contributed by atoms with Crippen LogP contribution in [0.5, 0.6) is 5.75 Å². The number of nitro groups is 1. The first kappa shape index (κ1) is 12.2. The average molecular weight is 222 g/mol. The lowest BCUT2D eigenvalue weighted by Crippen LogP contribution is -2.22. The van der Waals surface area contributed by atoms with Crippen molar-refractivity contribution in [2.24, 2.45) is 0 Å². The number of phenols is 1. The lowest BCUT2D eigenvalue weighted by Gasteiger charge is -2.09. The first-order valence-corrected chi connectivity index (χ1v) is 4.87. The van der Waals surface area contributed by atoms with Crippen molar-refractivity contribution in [3.05, 3.63) is 46.5 Å². The van der Waals surface area contributed by atoms with Crippen molar-refractivity contribution in [3.8, 4) is 5.75 Å². The molecule has 0 spiro atoms. The molecule has 5 nitrogen and oxygen atoms in total. The lowest BCUT2D eigenvalue weighted by molar-refractivity contribution is -0.384. The minimum atomic E-state index is -0.486. The number of benzene rings is 1. The highest BCUT2D eigenvalue weighted by Crippen LogP contribution is 2.22. The van der Waals surface area contributed by atoms with Crippen LogP contribution in [0.3, 0.4) is 0 Å². The lowest BCUT2D eigenvalue weighted by atomic mass is 10.1. The summed E-state index contributed by atoms with van der Waals surface area (Å²) in [7, 11) is 0. The Morgan fingerprint density at radius 2 is 2.38 bits per heavy atom. The Bertz CT molecular complexity index is 404. The van der Waals surface area contributed by atoms with E-state index in [0.717, 1.165) is 0 Å². The SMILES string of the molecule is C=CC(C)NCc1cc([N+](=O)[O-])ccc1O. The van der Waals surface area contributed by atoms with E-state index in [1.54, 1.807) is 6.08 Å². The summed E-state index contributed by atoms with van der Waals surface area (Å²) in [5, 5.41) is 23.1. The van der Waals surface area contributed by atoms with Crippen molar-refractivity contribution < 1.29 is 10.0 Å². The van der Waals surface area contributed by atoms with Crippen LogP contribution in [0.4, 0.5) is 5.69 Å². The van der Waals surface area contributed by atoms with Gasteiger partial charge >= 0.3 is 0 Å². The molecule has 86 valence electrons. The van der Waals surface area contributed by atoms with E-state index >= 15 is 0 Å². The molecule has 0 saturated heterocycles. The number of aromatic hydroxyl groups is 1. The number of rotatable bonds is 5. The number of hydrogen-bond acceptors (Lipinski definition) is 4. The van der Waals surface area contributed by atoms with Gasteiger partial charge < -0.3 is 10.4 Å². The molecule has 1 rings (SSSR count). The summed E-state index contributed by atoms with van der Waals surface area (Å²) in [5.74, 6) is 0.0503. The Labute approximate surface area is 93.6 Å². The molecule has 16 heavy (non-hydrogen) atoms. The van der Waals surface area contributed by atoms with E-state index in [1.165, 1.54) is 18.2 Å². The van der Waals surface area contributed by atoms with Gasteiger partial charge in [0.1, 0.15) is 5.75 Å². The van der Waals surface area contributed by atoms with Gasteiger partial charge in [0, 0.05) is 30.3 Å². The van der Waals surface area contributed by atoms with E-state index < -0.39 is 4.92 Å². The van der Waals surface area contributed by atoms with Crippen LogP contribution in [-0.2, 0) is 6.54 Å². The van der Waals surface area contributed by atoms with Gasteiger partial charge in [-0.15, -0.1) is 6.58 Å². The number of phenolic OH excluding ortho intramolecular Hbond substituents is 1. The summed E-state index contributed by atoms with van der Waals surface area (Å²) in [6.45, 7) is 5.87. The first-order valence-electron chi connectivity index (χ1n) is 4.87. The van der Waals surface area contributed by atoms with Crippen LogP contribution in [0.15, 0.2) is 30.9 Å². The van der Waals surface area contributed by atoms with E-state index in [-0.39, 0.29) is 17.5 Å². The monoisotopic (exact) mass is 222 g/mol. The second-order valence-electron chi connectivity index (χ2n) is 3.48. The summed E-state index contributed by atoms with van der Waals surface area (Å²) >= 11 is 0. The molecule has 0 saturated carbocycles. The summed E-state index contributed by atoms with van der Waals surface area (Å²) in [6.07, 6.45) is 1.72. The van der Waals surface area contributed by atoms with Crippen LogP contribution < -0.4 is 5.32 Å². The second kappa shape index (κ2) is 5.27. The third-order valence-electron chi connectivity index (χ3n) is 2.24. The Morgan fingerprint density at radius 1 is 1.69 bits per heavy atom. The number of nitro benzene ring substituents is 1. The van der Waals surface area contributed by atoms with E-state index in [0.29, 0.717) is 12.1 Å². The molecule has 1 unspecified atom stereocenters. The molecule has 2 N–H and O–H groups in total. The summed E-state index contributed by atoms with van der Waals surface area (Å²) in [6, 6.07) is 4.04. The molecule has 0 fully saturated rings. The van der Waals surface area contributed by atoms with Gasteiger partial charge in [-0.3, -0.25) is 10.1 Å². The minimum absolute atomic E-state index is 0.0270. The maximum absolute atomic E-state index is 10.5. The standard InChI is InChI=1S/C11H14N2O3/c1-3-8(2)12-7-9-6-10(13(15)16)4-5-11(9)14/h3-6,8,12,14H,1,7H2,2H3. The first-order chi connectivity index (χ1) is 7.54. The van der Waals surface area contributed by atoms with E-state index in [4.69, 9.17) is 0 Å². The molecule has 0 aliphatic heterocycles. The fraction of sp³-hybridized carbons (Fsp3) is 0.273. The van der Waals surface area contributed by atoms with Crippen molar-refractivity contribution in [3.63, 3.8) is 0 Å². The molecular formula is C11H14N2O3. The van der Waals surface area contributed by atoms with Crippen molar-refractivity contribution in [1.29, 1.82) is 0 Å². The smallest absolute Gasteiger partial charge is 0.270 e. The van der Waals surface area contributed by atoms with Gasteiger partial charge in [0.15, 0.2) is 0 Å². The third-order valence-corrected chi connectivity index (χ3v) is 2.24. The van der Waals surface area contributed by atoms with Crippen LogP contribution in [-0.4, -0.2) is 16.1 Å². The third kappa shape index (κ3) is 3.06. The molecule has 1 atom stereocenters. The normalized spacial score (nSPS) is 12.1. The number of nitrogens with zero attached hydrogens (tertiary/aromatic N) is 1. The maximum atomic E-state index is 10.5. The molecule has 0 aliphatic rings. The van der Waals surface area contributed by atoms with E-state index in [9.17, 15) is 15.2 Å². The Balaban J connectivity index is 2.82. The summed E-state index contributed by atoms with van der Waals surface area (Å²) in [5.41, 5.74) is 0.476. The van der Waals surface area contributed by atoms with Gasteiger partial charge in [-0.2, -0.15) is 0 Å². The van der Waals surface area contributed by atoms with Crippen molar-refractivity contribution in [2.45, 2.75) is 19.5 Å². The largest absolute Gasteiger partial charge is 0.508 e. The fourth-order valence-corrected chi connectivity index (χ4v) is 1.18. The molecule has 0 radical (unpaired) electrons. The summed E-state index contributed by atoms with van der Waals surface area (Å²) in [4.78, 5) is 10.1. The minimum Gasteiger partial charge on any atom is -0.508 e. The molecule has 0 amide bonds. The number of nitrogens with one attached hydrogen (secondary N) is 1. The molecule has 1 aromatic rings. The highest BCUT2D eigenvalue weighted by atomic mass is 16.6. The molecule has 1 aromatic carbocycles. The molecule has 0 aliphatic carbocycles. The zero-order valence-electron chi connectivity index (χ0n) is 9.01. The Kier molecular flexibility index (Phi) is 4.02. The second-order valence-corrected chi connectivity index (χ2v) is 3.48. The van der Waals surface area contributed by atoms with Gasteiger partial charge in [0.05, 0.1) is 4.92 Å². The molecular weight excluding hydrogens is 208 g/mol. The van der Waals surface area contributed by atoms with Crippen LogP contribution >= 0.6 is 0 Å². The van der Waals surface area contributed by atoms with Gasteiger partial charge in [0.2, 0.25) is 0 Å². The van der Waals surface area contributed by atoms with Gasteiger partial charge in [-0.1, -0.05) is 6.08 Å². The Morgan fingerprint density at radius 3 is 2.94 bits per heavy atom. The van der Waals surface area contributed by atoms with Gasteiger partial charge in [0.25, 0.3) is 5.69 Å². The quantitative estimate of drug-likeness (QED) is 0.453. The number of hydrogen-bond donors (Lipinski definition) is 2. The summed E-state index contributed by atoms with van der Waals surface area (Å²) < 4.78 is 0. The molecule has 5 heteroatoms. The zero-order chi connectivity index (χ0) is 12.1. The van der Waals surface area contributed by atoms with E-state index in [2.05, 4.69) is 11.9 Å². The topological polar surface area (TPSA) is 75.4 Å². The van der Waals surface area contributed by atoms with Crippen LogP contribution in [0.1, 0.15) is 12.5 Å². The van der Waals surface area contributed by atoms with Crippen molar-refractivity contribution in [1.82, 2.24) is 5.32 Å². The molecule has 0 aromatic heterocycles. The van der Waals surface area contributed by atoms with Crippen molar-refractivity contribution in [2.75, 3.05) is 0 Å².